The number of hydrogen-bond acceptors (Lipinski definition) is 2. The average Bonchev–Trinajstić information content (AvgIpc) is 2.18. The number of carbonyl (C=O) groups is 1. The highest BCUT2D eigenvalue weighted by molar-refractivity contribution is 8.01. The minimum absolute atomic E-state index is 0.174. The zero-order valence-corrected chi connectivity index (χ0v) is 11.2. The number of aryl methyl sites for hydroxylation is 2. The Kier molecular flexibility index (Phi) is 2.54. The summed E-state index contributed by atoms with van der Waals surface area (Å²) in [5, 5.41) is 0. The van der Waals surface area contributed by atoms with Crippen LogP contribution in [0.3, 0.4) is 0 Å². The number of benzene rings is 1. The highest BCUT2D eigenvalue weighted by Gasteiger charge is 2.38. The first-order valence-electron chi connectivity index (χ1n) is 5.41. The molecule has 0 spiro atoms. The molecular formula is C13H17NOS. The van der Waals surface area contributed by atoms with Gasteiger partial charge < -0.3 is 4.90 Å². The van der Waals surface area contributed by atoms with Crippen LogP contribution in [0.2, 0.25) is 0 Å². The minimum atomic E-state index is -0.358. The number of hydrogen-bond donors (Lipinski definition) is 0. The third-order valence-electron chi connectivity index (χ3n) is 3.12. The van der Waals surface area contributed by atoms with Crippen molar-refractivity contribution in [1.82, 2.24) is 0 Å². The number of amides is 1. The Hall–Kier alpha value is -0.960. The maximum Gasteiger partial charge on any atom is 0.242 e. The van der Waals surface area contributed by atoms with Gasteiger partial charge in [0, 0.05) is 11.9 Å². The number of anilines is 1. The molecule has 3 heteroatoms. The maximum atomic E-state index is 12.1. The Morgan fingerprint density at radius 1 is 1.19 bits per heavy atom. The van der Waals surface area contributed by atoms with Gasteiger partial charge in [-0.05, 0) is 51.0 Å². The van der Waals surface area contributed by atoms with E-state index < -0.39 is 0 Å². The van der Waals surface area contributed by atoms with Crippen LogP contribution in [0, 0.1) is 13.8 Å². The molecule has 0 aliphatic carbocycles. The average molecular weight is 235 g/mol. The lowest BCUT2D eigenvalue weighted by Crippen LogP contribution is -2.44. The summed E-state index contributed by atoms with van der Waals surface area (Å²) in [5.41, 5.74) is 3.56. The Morgan fingerprint density at radius 3 is 2.38 bits per heavy atom. The van der Waals surface area contributed by atoms with Gasteiger partial charge in [0.1, 0.15) is 0 Å². The van der Waals surface area contributed by atoms with Crippen molar-refractivity contribution in [3.05, 3.63) is 23.3 Å². The molecule has 1 aliphatic rings. The van der Waals surface area contributed by atoms with E-state index in [-0.39, 0.29) is 10.7 Å². The summed E-state index contributed by atoms with van der Waals surface area (Å²) < 4.78 is -0.358. The van der Waals surface area contributed by atoms with Crippen LogP contribution in [0.1, 0.15) is 25.0 Å². The molecule has 0 fully saturated rings. The zero-order chi connectivity index (χ0) is 12.1. The third-order valence-corrected chi connectivity index (χ3v) is 4.35. The summed E-state index contributed by atoms with van der Waals surface area (Å²) in [6.45, 7) is 8.15. The Labute approximate surface area is 101 Å². The van der Waals surface area contributed by atoms with Crippen molar-refractivity contribution in [3.63, 3.8) is 0 Å². The quantitative estimate of drug-likeness (QED) is 0.688. The van der Waals surface area contributed by atoms with Crippen LogP contribution in [0.15, 0.2) is 17.0 Å². The van der Waals surface area contributed by atoms with E-state index in [2.05, 4.69) is 26.0 Å². The highest BCUT2D eigenvalue weighted by Crippen LogP contribution is 2.45. The normalized spacial score (nSPS) is 18.6. The second kappa shape index (κ2) is 3.52. The summed E-state index contributed by atoms with van der Waals surface area (Å²) in [6.07, 6.45) is 0. The molecule has 2 rings (SSSR count). The first kappa shape index (κ1) is 11.5. The van der Waals surface area contributed by atoms with Crippen LogP contribution in [0.4, 0.5) is 5.69 Å². The number of fused-ring (bicyclic) bond motifs is 1. The van der Waals surface area contributed by atoms with E-state index in [1.54, 1.807) is 16.7 Å². The van der Waals surface area contributed by atoms with E-state index in [9.17, 15) is 4.79 Å². The van der Waals surface area contributed by atoms with Crippen molar-refractivity contribution in [2.45, 2.75) is 37.3 Å². The predicted molar refractivity (Wildman–Crippen MR) is 69.3 cm³/mol. The van der Waals surface area contributed by atoms with Crippen LogP contribution in [0.25, 0.3) is 0 Å². The highest BCUT2D eigenvalue weighted by atomic mass is 32.2. The molecule has 86 valence electrons. The first-order valence-corrected chi connectivity index (χ1v) is 6.23. The van der Waals surface area contributed by atoms with Crippen molar-refractivity contribution in [3.8, 4) is 0 Å². The van der Waals surface area contributed by atoms with Gasteiger partial charge in [-0.25, -0.2) is 0 Å². The number of nitrogens with zero attached hydrogens (tertiary/aromatic N) is 1. The number of thioether (sulfide) groups is 1. The summed E-state index contributed by atoms with van der Waals surface area (Å²) in [7, 11) is 1.86. The van der Waals surface area contributed by atoms with Crippen LogP contribution in [0.5, 0.6) is 0 Å². The topological polar surface area (TPSA) is 20.3 Å². The van der Waals surface area contributed by atoms with Crippen molar-refractivity contribution in [2.75, 3.05) is 11.9 Å². The van der Waals surface area contributed by atoms with E-state index in [1.165, 1.54) is 16.0 Å². The van der Waals surface area contributed by atoms with Crippen molar-refractivity contribution >= 4 is 23.4 Å². The molecule has 0 saturated carbocycles. The van der Waals surface area contributed by atoms with E-state index in [0.717, 1.165) is 5.69 Å². The second-order valence-electron chi connectivity index (χ2n) is 4.88. The molecule has 16 heavy (non-hydrogen) atoms. The van der Waals surface area contributed by atoms with Gasteiger partial charge in [0.15, 0.2) is 0 Å². The Morgan fingerprint density at radius 2 is 1.75 bits per heavy atom. The van der Waals surface area contributed by atoms with Gasteiger partial charge in [-0.15, -0.1) is 11.8 Å². The first-order chi connectivity index (χ1) is 7.33. The fourth-order valence-electron chi connectivity index (χ4n) is 1.95. The molecule has 0 radical (unpaired) electrons. The SMILES string of the molecule is Cc1cc2c(cc1C)N(C)C(=O)C(C)(C)S2. The fourth-order valence-corrected chi connectivity index (χ4v) is 3.26. The van der Waals surface area contributed by atoms with Crippen molar-refractivity contribution in [2.24, 2.45) is 0 Å². The fraction of sp³-hybridized carbons (Fsp3) is 0.462. The van der Waals surface area contributed by atoms with Gasteiger partial charge in [0.05, 0.1) is 10.4 Å². The Bertz CT molecular complexity index is 465. The van der Waals surface area contributed by atoms with Crippen LogP contribution < -0.4 is 4.90 Å². The van der Waals surface area contributed by atoms with Gasteiger partial charge >= 0.3 is 0 Å². The zero-order valence-electron chi connectivity index (χ0n) is 10.4. The summed E-state index contributed by atoms with van der Waals surface area (Å²) in [4.78, 5) is 15.1. The second-order valence-corrected chi connectivity index (χ2v) is 6.55. The maximum absolute atomic E-state index is 12.1. The van der Waals surface area contributed by atoms with E-state index in [4.69, 9.17) is 0 Å². The van der Waals surface area contributed by atoms with Gasteiger partial charge in [0.2, 0.25) is 5.91 Å². The van der Waals surface area contributed by atoms with Crippen LogP contribution in [-0.2, 0) is 4.79 Å². The molecule has 0 bridgehead atoms. The summed E-state index contributed by atoms with van der Waals surface area (Å²) >= 11 is 1.66. The molecule has 1 aromatic rings. The van der Waals surface area contributed by atoms with E-state index in [1.807, 2.05) is 20.9 Å². The van der Waals surface area contributed by atoms with Gasteiger partial charge in [-0.3, -0.25) is 4.79 Å². The summed E-state index contributed by atoms with van der Waals surface area (Å²) in [6, 6.07) is 4.28. The monoisotopic (exact) mass is 235 g/mol. The molecule has 0 atom stereocenters. The molecule has 0 aromatic heterocycles. The molecule has 0 saturated heterocycles. The van der Waals surface area contributed by atoms with Gasteiger partial charge in [0.25, 0.3) is 0 Å². The largest absolute Gasteiger partial charge is 0.313 e. The van der Waals surface area contributed by atoms with Crippen molar-refractivity contribution < 1.29 is 4.79 Å². The molecular weight excluding hydrogens is 218 g/mol. The molecule has 1 aromatic carbocycles. The standard InChI is InChI=1S/C13H17NOS/c1-8-6-10-11(7-9(8)2)16-13(3,4)12(15)14(10)5/h6-7H,1-5H3. The smallest absolute Gasteiger partial charge is 0.242 e. The van der Waals surface area contributed by atoms with Crippen LogP contribution >= 0.6 is 11.8 Å². The lowest BCUT2D eigenvalue weighted by Gasteiger charge is -2.36. The number of rotatable bonds is 0. The Balaban J connectivity index is 2.60. The predicted octanol–water partition coefficient (Wildman–Crippen LogP) is 3.15. The lowest BCUT2D eigenvalue weighted by atomic mass is 10.1. The molecule has 2 nitrogen and oxygen atoms in total. The lowest BCUT2D eigenvalue weighted by molar-refractivity contribution is -0.120. The van der Waals surface area contributed by atoms with Gasteiger partial charge in [-0.1, -0.05) is 0 Å². The third kappa shape index (κ3) is 1.63. The molecule has 0 unspecified atom stereocenters. The number of carbonyl (C=O) groups excluding carboxylic acids is 1. The summed E-state index contributed by atoms with van der Waals surface area (Å²) in [5.74, 6) is 0.174. The molecule has 0 N–H and O–H groups in total. The van der Waals surface area contributed by atoms with Gasteiger partial charge in [-0.2, -0.15) is 0 Å². The van der Waals surface area contributed by atoms with E-state index >= 15 is 0 Å². The molecule has 1 heterocycles. The molecule has 1 amide bonds. The van der Waals surface area contributed by atoms with Crippen LogP contribution in [-0.4, -0.2) is 17.7 Å². The molecule has 1 aliphatic heterocycles. The minimum Gasteiger partial charge on any atom is -0.313 e. The van der Waals surface area contributed by atoms with Crippen molar-refractivity contribution in [1.29, 1.82) is 0 Å². The van der Waals surface area contributed by atoms with E-state index in [0.29, 0.717) is 0 Å².